The van der Waals surface area contributed by atoms with Crippen LogP contribution < -0.4 is 5.73 Å². The van der Waals surface area contributed by atoms with Gasteiger partial charge >= 0.3 is 0 Å². The van der Waals surface area contributed by atoms with Crippen molar-refractivity contribution in [3.05, 3.63) is 35.6 Å². The summed E-state index contributed by atoms with van der Waals surface area (Å²) in [4.78, 5) is 12.4. The maximum Gasteiger partial charge on any atom is 0.123 e. The van der Waals surface area contributed by atoms with E-state index in [2.05, 4.69) is 21.8 Å². The largest absolute Gasteiger partial charge is 0.330 e. The smallest absolute Gasteiger partial charge is 0.123 e. The summed E-state index contributed by atoms with van der Waals surface area (Å²) in [7, 11) is 0. The van der Waals surface area contributed by atoms with E-state index < -0.39 is 0 Å². The number of pyridine rings is 1. The van der Waals surface area contributed by atoms with Crippen LogP contribution in [0.1, 0.15) is 18.2 Å². The molecule has 1 unspecified atom stereocenters. The molecule has 0 aliphatic carbocycles. The predicted octanol–water partition coefficient (Wildman–Crippen LogP) is 2.38. The normalized spacial score (nSPS) is 23.3. The average Bonchev–Trinajstić information content (AvgIpc) is 3.08. The monoisotopic (exact) mass is 288 g/mol. The van der Waals surface area contributed by atoms with Crippen molar-refractivity contribution < 1.29 is 0 Å². The first kappa shape index (κ1) is 13.7. The highest BCUT2D eigenvalue weighted by Crippen LogP contribution is 2.31. The molecule has 2 aromatic rings. The highest BCUT2D eigenvalue weighted by molar-refractivity contribution is 7.15. The number of aromatic nitrogens is 2. The quantitative estimate of drug-likeness (QED) is 0.938. The van der Waals surface area contributed by atoms with Gasteiger partial charge in [0.1, 0.15) is 5.01 Å². The molecule has 20 heavy (non-hydrogen) atoms. The van der Waals surface area contributed by atoms with Crippen molar-refractivity contribution in [3.8, 4) is 10.6 Å². The van der Waals surface area contributed by atoms with Crippen LogP contribution in [0.15, 0.2) is 30.7 Å². The van der Waals surface area contributed by atoms with Crippen LogP contribution in [0, 0.1) is 5.41 Å². The van der Waals surface area contributed by atoms with E-state index in [1.807, 2.05) is 30.7 Å². The summed E-state index contributed by atoms with van der Waals surface area (Å²) in [5, 5.41) is 1.07. The van der Waals surface area contributed by atoms with E-state index >= 15 is 0 Å². The van der Waals surface area contributed by atoms with Gasteiger partial charge in [0.05, 0.1) is 0 Å². The van der Waals surface area contributed by atoms with Crippen LogP contribution in [-0.2, 0) is 6.54 Å². The van der Waals surface area contributed by atoms with E-state index in [0.717, 1.165) is 36.8 Å². The number of likely N-dealkylation sites (tertiary alicyclic amines) is 1. The molecule has 5 heteroatoms. The van der Waals surface area contributed by atoms with E-state index in [4.69, 9.17) is 5.73 Å². The molecule has 0 amide bonds. The first-order valence-electron chi connectivity index (χ1n) is 6.96. The molecule has 0 bridgehead atoms. The summed E-state index contributed by atoms with van der Waals surface area (Å²) in [6.45, 7) is 6.26. The van der Waals surface area contributed by atoms with Crippen LogP contribution in [0.4, 0.5) is 0 Å². The molecule has 2 N–H and O–H groups in total. The average molecular weight is 288 g/mol. The maximum absolute atomic E-state index is 5.86. The van der Waals surface area contributed by atoms with Crippen LogP contribution in [-0.4, -0.2) is 34.5 Å². The van der Waals surface area contributed by atoms with E-state index in [0.29, 0.717) is 5.41 Å². The predicted molar refractivity (Wildman–Crippen MR) is 82.4 cm³/mol. The molecule has 0 radical (unpaired) electrons. The molecular formula is C15H20N4S. The van der Waals surface area contributed by atoms with Crippen molar-refractivity contribution in [1.82, 2.24) is 14.9 Å². The number of nitrogens with zero attached hydrogens (tertiary/aromatic N) is 3. The molecule has 2 aromatic heterocycles. The minimum Gasteiger partial charge on any atom is -0.330 e. The van der Waals surface area contributed by atoms with Crippen molar-refractivity contribution >= 4 is 11.3 Å². The summed E-state index contributed by atoms with van der Waals surface area (Å²) < 4.78 is 0. The van der Waals surface area contributed by atoms with Gasteiger partial charge in [0.25, 0.3) is 0 Å². The fourth-order valence-corrected chi connectivity index (χ4v) is 3.62. The third kappa shape index (κ3) is 2.90. The van der Waals surface area contributed by atoms with E-state index in [9.17, 15) is 0 Å². The summed E-state index contributed by atoms with van der Waals surface area (Å²) in [5.74, 6) is 0. The fraction of sp³-hybridized carbons (Fsp3) is 0.467. The number of hydrogen-bond acceptors (Lipinski definition) is 5. The number of thiazole rings is 1. The van der Waals surface area contributed by atoms with Gasteiger partial charge in [-0.2, -0.15) is 0 Å². The Bertz CT molecular complexity index is 568. The van der Waals surface area contributed by atoms with E-state index in [1.165, 1.54) is 11.3 Å². The van der Waals surface area contributed by atoms with Crippen LogP contribution >= 0.6 is 11.3 Å². The van der Waals surface area contributed by atoms with Crippen molar-refractivity contribution in [3.63, 3.8) is 0 Å². The van der Waals surface area contributed by atoms with Crippen LogP contribution in [0.25, 0.3) is 10.6 Å². The Morgan fingerprint density at radius 1 is 1.40 bits per heavy atom. The van der Waals surface area contributed by atoms with E-state index in [1.54, 1.807) is 11.3 Å². The molecule has 1 saturated heterocycles. The van der Waals surface area contributed by atoms with Crippen molar-refractivity contribution in [2.45, 2.75) is 19.9 Å². The maximum atomic E-state index is 5.86. The minimum atomic E-state index is 0.290. The molecule has 1 fully saturated rings. The van der Waals surface area contributed by atoms with Gasteiger partial charge < -0.3 is 5.73 Å². The Morgan fingerprint density at radius 3 is 2.90 bits per heavy atom. The Hall–Kier alpha value is -1.30. The standard InChI is InChI=1S/C15H20N4S/c1-15(10-16)4-7-19(11-15)9-13-8-18-14(20-13)12-2-5-17-6-3-12/h2-3,5-6,8H,4,7,9-11,16H2,1H3. The second-order valence-corrected chi connectivity index (χ2v) is 6.96. The van der Waals surface area contributed by atoms with Crippen molar-refractivity contribution in [1.29, 1.82) is 0 Å². The van der Waals surface area contributed by atoms with Gasteiger partial charge in [-0.05, 0) is 37.1 Å². The zero-order valence-corrected chi connectivity index (χ0v) is 12.6. The topological polar surface area (TPSA) is 55.0 Å². The zero-order valence-electron chi connectivity index (χ0n) is 11.7. The Kier molecular flexibility index (Phi) is 3.83. The third-order valence-corrected chi connectivity index (χ3v) is 5.02. The lowest BCUT2D eigenvalue weighted by Gasteiger charge is -2.22. The highest BCUT2D eigenvalue weighted by Gasteiger charge is 2.32. The van der Waals surface area contributed by atoms with Crippen LogP contribution in [0.3, 0.4) is 0 Å². The van der Waals surface area contributed by atoms with Gasteiger partial charge in [0, 0.05) is 42.1 Å². The molecule has 1 aliphatic heterocycles. The Labute approximate surface area is 123 Å². The van der Waals surface area contributed by atoms with Gasteiger partial charge in [-0.3, -0.25) is 9.88 Å². The second-order valence-electron chi connectivity index (χ2n) is 5.84. The van der Waals surface area contributed by atoms with Crippen molar-refractivity contribution in [2.75, 3.05) is 19.6 Å². The van der Waals surface area contributed by atoms with Crippen molar-refractivity contribution in [2.24, 2.45) is 11.1 Å². The number of nitrogens with two attached hydrogens (primary N) is 1. The summed E-state index contributed by atoms with van der Waals surface area (Å²) in [6.07, 6.45) is 6.81. The van der Waals surface area contributed by atoms with Gasteiger partial charge in [-0.25, -0.2) is 4.98 Å². The molecule has 0 spiro atoms. The van der Waals surface area contributed by atoms with Crippen LogP contribution in [0.2, 0.25) is 0 Å². The van der Waals surface area contributed by atoms with E-state index in [-0.39, 0.29) is 0 Å². The first-order chi connectivity index (χ1) is 9.68. The minimum absolute atomic E-state index is 0.290. The lowest BCUT2D eigenvalue weighted by atomic mass is 9.90. The highest BCUT2D eigenvalue weighted by atomic mass is 32.1. The molecule has 106 valence electrons. The summed E-state index contributed by atoms with van der Waals surface area (Å²) >= 11 is 1.77. The third-order valence-electron chi connectivity index (χ3n) is 3.99. The molecule has 4 nitrogen and oxygen atoms in total. The molecule has 0 aromatic carbocycles. The fourth-order valence-electron chi connectivity index (χ4n) is 2.66. The molecule has 3 heterocycles. The second kappa shape index (κ2) is 5.60. The number of rotatable bonds is 4. The molecule has 3 rings (SSSR count). The molecule has 1 aliphatic rings. The first-order valence-corrected chi connectivity index (χ1v) is 7.78. The summed E-state index contributed by atoms with van der Waals surface area (Å²) in [6, 6.07) is 4.01. The lowest BCUT2D eigenvalue weighted by molar-refractivity contribution is 0.276. The molecular weight excluding hydrogens is 268 g/mol. The van der Waals surface area contributed by atoms with Gasteiger partial charge in [-0.1, -0.05) is 6.92 Å². The lowest BCUT2D eigenvalue weighted by Crippen LogP contribution is -2.30. The summed E-state index contributed by atoms with van der Waals surface area (Å²) in [5.41, 5.74) is 7.29. The zero-order chi connectivity index (χ0) is 14.0. The van der Waals surface area contributed by atoms with Gasteiger partial charge in [0.15, 0.2) is 0 Å². The Balaban J connectivity index is 1.67. The number of hydrogen-bond donors (Lipinski definition) is 1. The van der Waals surface area contributed by atoms with Gasteiger partial charge in [0.2, 0.25) is 0 Å². The van der Waals surface area contributed by atoms with Crippen LogP contribution in [0.5, 0.6) is 0 Å². The Morgan fingerprint density at radius 2 is 2.20 bits per heavy atom. The SMILES string of the molecule is CC1(CN)CCN(Cc2cnc(-c3ccncc3)s2)C1. The molecule has 1 atom stereocenters. The molecule has 0 saturated carbocycles. The van der Waals surface area contributed by atoms with Gasteiger partial charge in [-0.15, -0.1) is 11.3 Å².